The van der Waals surface area contributed by atoms with Crippen LogP contribution in [0.1, 0.15) is 0 Å². The Morgan fingerprint density at radius 3 is 1.84 bits per heavy atom. The molecule has 8 aromatic carbocycles. The number of hydrogen-bond donors (Lipinski definition) is 0. The summed E-state index contributed by atoms with van der Waals surface area (Å²) >= 11 is 0. The van der Waals surface area contributed by atoms with Crippen LogP contribution in [0.4, 0.5) is 17.1 Å². The van der Waals surface area contributed by atoms with Crippen LogP contribution in [0.15, 0.2) is 189 Å². The summed E-state index contributed by atoms with van der Waals surface area (Å²) in [6.45, 7) is 0. The van der Waals surface area contributed by atoms with Crippen molar-refractivity contribution in [2.75, 3.05) is 4.90 Å². The zero-order valence-electron chi connectivity index (χ0n) is 29.3. The lowest BCUT2D eigenvalue weighted by Gasteiger charge is -2.26. The number of benzene rings is 8. The first-order valence-corrected chi connectivity index (χ1v) is 18.4. The van der Waals surface area contributed by atoms with Crippen LogP contribution >= 0.6 is 0 Å². The van der Waals surface area contributed by atoms with E-state index in [1.54, 1.807) is 0 Å². The summed E-state index contributed by atoms with van der Waals surface area (Å²) in [6.07, 6.45) is 0. The first kappa shape index (κ1) is 29.9. The minimum atomic E-state index is 0.587. The van der Waals surface area contributed by atoms with E-state index in [0.29, 0.717) is 11.5 Å². The molecular formula is C49H29N3O3. The van der Waals surface area contributed by atoms with Gasteiger partial charge in [0.25, 0.3) is 0 Å². The highest BCUT2D eigenvalue weighted by molar-refractivity contribution is 6.12. The summed E-state index contributed by atoms with van der Waals surface area (Å²) in [5.74, 6) is 0.587. The Kier molecular flexibility index (Phi) is 6.24. The molecule has 6 nitrogen and oxygen atoms in total. The van der Waals surface area contributed by atoms with Gasteiger partial charge in [0.1, 0.15) is 27.8 Å². The third-order valence-corrected chi connectivity index (χ3v) is 10.8. The van der Waals surface area contributed by atoms with Crippen molar-refractivity contribution < 1.29 is 13.3 Å². The molecule has 0 saturated carbocycles. The molecule has 0 N–H and O–H groups in total. The van der Waals surface area contributed by atoms with Crippen LogP contribution < -0.4 is 4.90 Å². The average molecular weight is 708 g/mol. The van der Waals surface area contributed by atoms with Crippen molar-refractivity contribution in [1.29, 1.82) is 0 Å². The third-order valence-electron chi connectivity index (χ3n) is 10.8. The second kappa shape index (κ2) is 11.5. The van der Waals surface area contributed by atoms with Gasteiger partial charge in [-0.05, 0) is 84.9 Å². The van der Waals surface area contributed by atoms with E-state index >= 15 is 0 Å². The Labute approximate surface area is 313 Å². The quantitative estimate of drug-likeness (QED) is 0.178. The van der Waals surface area contributed by atoms with Gasteiger partial charge in [-0.2, -0.15) is 0 Å². The van der Waals surface area contributed by atoms with Gasteiger partial charge in [0.05, 0.1) is 11.0 Å². The Balaban J connectivity index is 1.09. The molecule has 55 heavy (non-hydrogen) atoms. The molecule has 258 valence electrons. The lowest BCUT2D eigenvalue weighted by atomic mass is 10.1. The van der Waals surface area contributed by atoms with Gasteiger partial charge in [-0.3, -0.25) is 0 Å². The predicted octanol–water partition coefficient (Wildman–Crippen LogP) is 13.9. The Bertz CT molecular complexity index is 3440. The van der Waals surface area contributed by atoms with Crippen LogP contribution in [0.5, 0.6) is 0 Å². The van der Waals surface area contributed by atoms with Crippen LogP contribution in [0.3, 0.4) is 0 Å². The number of rotatable bonds is 5. The highest BCUT2D eigenvalue weighted by atomic mass is 16.4. The SMILES string of the molecule is c1ccc(-c2nc3cc4oc5ccc(N(c6ccc7c(c6)oc6ccccc67)c6ccc7c8ccccc8n(-c8ccccc8)c7c6)cc5c4cc3o2)cc1. The first-order valence-electron chi connectivity index (χ1n) is 18.4. The van der Waals surface area contributed by atoms with Crippen molar-refractivity contribution in [3.63, 3.8) is 0 Å². The van der Waals surface area contributed by atoms with Gasteiger partial charge in [0.15, 0.2) is 5.58 Å². The molecule has 0 radical (unpaired) electrons. The second-order valence-corrected chi connectivity index (χ2v) is 14.0. The summed E-state index contributed by atoms with van der Waals surface area (Å²) < 4.78 is 21.5. The Morgan fingerprint density at radius 2 is 0.982 bits per heavy atom. The molecule has 0 unspecified atom stereocenters. The van der Waals surface area contributed by atoms with Crippen molar-refractivity contribution in [3.05, 3.63) is 176 Å². The maximum absolute atomic E-state index is 6.45. The third kappa shape index (κ3) is 4.58. The van der Waals surface area contributed by atoms with E-state index in [1.165, 1.54) is 10.8 Å². The highest BCUT2D eigenvalue weighted by Crippen LogP contribution is 2.43. The van der Waals surface area contributed by atoms with Gasteiger partial charge in [0.2, 0.25) is 5.89 Å². The van der Waals surface area contributed by atoms with E-state index < -0.39 is 0 Å². The number of aromatic nitrogens is 2. The topological polar surface area (TPSA) is 60.5 Å². The second-order valence-electron chi connectivity index (χ2n) is 14.0. The summed E-state index contributed by atoms with van der Waals surface area (Å²) in [7, 11) is 0. The van der Waals surface area contributed by atoms with E-state index in [0.717, 1.165) is 88.7 Å². The smallest absolute Gasteiger partial charge is 0.227 e. The lowest BCUT2D eigenvalue weighted by Crippen LogP contribution is -2.10. The van der Waals surface area contributed by atoms with E-state index in [1.807, 2.05) is 48.5 Å². The number of oxazole rings is 1. The molecule has 0 aliphatic rings. The number of anilines is 3. The zero-order valence-corrected chi connectivity index (χ0v) is 29.3. The summed E-state index contributed by atoms with van der Waals surface area (Å²) in [4.78, 5) is 7.10. The van der Waals surface area contributed by atoms with Crippen LogP contribution in [0, 0.1) is 0 Å². The molecule has 0 atom stereocenters. The van der Waals surface area contributed by atoms with Crippen LogP contribution in [-0.4, -0.2) is 9.55 Å². The molecule has 4 heterocycles. The lowest BCUT2D eigenvalue weighted by molar-refractivity contribution is 0.620. The number of fused-ring (bicyclic) bond motifs is 10. The monoisotopic (exact) mass is 707 g/mol. The first-order chi connectivity index (χ1) is 27.2. The van der Waals surface area contributed by atoms with Crippen LogP contribution in [0.2, 0.25) is 0 Å². The van der Waals surface area contributed by atoms with Gasteiger partial charge in [-0.15, -0.1) is 0 Å². The normalized spacial score (nSPS) is 12.0. The molecule has 0 fully saturated rings. The van der Waals surface area contributed by atoms with E-state index in [4.69, 9.17) is 18.2 Å². The molecule has 0 aliphatic heterocycles. The van der Waals surface area contributed by atoms with Gasteiger partial charge in [0, 0.05) is 72.8 Å². The maximum atomic E-state index is 6.45. The zero-order chi connectivity index (χ0) is 36.0. The average Bonchev–Trinajstić information content (AvgIpc) is 4.00. The van der Waals surface area contributed by atoms with Gasteiger partial charge >= 0.3 is 0 Å². The van der Waals surface area contributed by atoms with Crippen molar-refractivity contribution >= 4 is 93.8 Å². The standard InChI is InChI=1S/C49H29N3O3/c1-3-11-30(12-4-1)49-50-41-29-47-40(28-48(41)55-49)39-25-32(21-24-45(39)54-47)51(34-20-23-38-37-16-8-10-18-44(37)53-46(38)27-34)33-19-22-36-35-15-7-9-17-42(35)52(43(36)26-33)31-13-5-2-6-14-31/h1-29H. The minimum Gasteiger partial charge on any atom is -0.456 e. The fourth-order valence-corrected chi connectivity index (χ4v) is 8.28. The molecule has 12 rings (SSSR count). The molecule has 0 amide bonds. The number of para-hydroxylation sites is 3. The summed E-state index contributed by atoms with van der Waals surface area (Å²) in [6, 6.07) is 61.0. The summed E-state index contributed by atoms with van der Waals surface area (Å²) in [5, 5.41) is 6.54. The number of nitrogens with zero attached hydrogens (tertiary/aromatic N) is 3. The summed E-state index contributed by atoms with van der Waals surface area (Å²) in [5.41, 5.74) is 12.0. The van der Waals surface area contributed by atoms with E-state index in [9.17, 15) is 0 Å². The minimum absolute atomic E-state index is 0.587. The largest absolute Gasteiger partial charge is 0.456 e. The van der Waals surface area contributed by atoms with E-state index in [-0.39, 0.29) is 0 Å². The molecule has 6 heteroatoms. The fourth-order valence-electron chi connectivity index (χ4n) is 8.28. The Morgan fingerprint density at radius 1 is 0.382 bits per heavy atom. The van der Waals surface area contributed by atoms with Crippen LogP contribution in [-0.2, 0) is 0 Å². The maximum Gasteiger partial charge on any atom is 0.227 e. The van der Waals surface area contributed by atoms with Gasteiger partial charge in [-0.25, -0.2) is 4.98 Å². The van der Waals surface area contributed by atoms with Crippen molar-refractivity contribution in [1.82, 2.24) is 9.55 Å². The highest BCUT2D eigenvalue weighted by Gasteiger charge is 2.21. The van der Waals surface area contributed by atoms with Crippen molar-refractivity contribution in [2.24, 2.45) is 0 Å². The Hall–Kier alpha value is -7.57. The van der Waals surface area contributed by atoms with E-state index in [2.05, 4.69) is 137 Å². The molecule has 0 bridgehead atoms. The fraction of sp³-hybridized carbons (Fsp3) is 0. The molecule has 12 aromatic rings. The molecule has 4 aromatic heterocycles. The van der Waals surface area contributed by atoms with Crippen LogP contribution in [0.25, 0.3) is 93.9 Å². The predicted molar refractivity (Wildman–Crippen MR) is 223 cm³/mol. The molecule has 0 aliphatic carbocycles. The van der Waals surface area contributed by atoms with Crippen molar-refractivity contribution in [3.8, 4) is 17.1 Å². The number of hydrogen-bond acceptors (Lipinski definition) is 5. The molecular weight excluding hydrogens is 679 g/mol. The van der Waals surface area contributed by atoms with Gasteiger partial charge < -0.3 is 22.7 Å². The number of furan rings is 2. The van der Waals surface area contributed by atoms with Crippen molar-refractivity contribution in [2.45, 2.75) is 0 Å². The molecule has 0 spiro atoms. The van der Waals surface area contributed by atoms with Gasteiger partial charge in [-0.1, -0.05) is 78.9 Å². The molecule has 0 saturated heterocycles.